The van der Waals surface area contributed by atoms with Crippen molar-refractivity contribution in [3.8, 4) is 0 Å². The van der Waals surface area contributed by atoms with Gasteiger partial charge in [0.1, 0.15) is 0 Å². The summed E-state index contributed by atoms with van der Waals surface area (Å²) in [5.74, 6) is 0.304. The molecule has 0 aromatic heterocycles. The Bertz CT molecular complexity index is 958. The smallest absolute Gasteiger partial charge is 0.305 e. The molecule has 1 aliphatic rings. The Hall–Kier alpha value is -1.22. The van der Waals surface area contributed by atoms with Crippen LogP contribution < -0.4 is 0 Å². The molecular formula is C55H111N5O3. The summed E-state index contributed by atoms with van der Waals surface area (Å²) in [4.78, 5) is 39.0. The van der Waals surface area contributed by atoms with Gasteiger partial charge in [-0.05, 0) is 71.2 Å². The standard InChI is InChI=1S/C55H111N5O3/c1-6-11-16-20-24-28-32-39-56(40-33-29-25-21-17-12-7-2)46-47-59(42-35-31-27-23-19-14-9-4)53-54(61)60-50-48-58(49-51-60)45-44-57(41-34-30-26-22-18-13-8-3)43-37-38-55(62)63-52-36-15-10-5/h6-53H2,1-5H3. The van der Waals surface area contributed by atoms with E-state index in [-0.39, 0.29) is 5.97 Å². The Morgan fingerprint density at radius 3 is 1.17 bits per heavy atom. The Labute approximate surface area is 394 Å². The minimum Gasteiger partial charge on any atom is -0.466 e. The Morgan fingerprint density at radius 1 is 0.381 bits per heavy atom. The molecule has 8 nitrogen and oxygen atoms in total. The largest absolute Gasteiger partial charge is 0.466 e. The highest BCUT2D eigenvalue weighted by Gasteiger charge is 2.23. The summed E-state index contributed by atoms with van der Waals surface area (Å²) in [5, 5.41) is 0. The van der Waals surface area contributed by atoms with Gasteiger partial charge < -0.3 is 19.4 Å². The third-order valence-corrected chi connectivity index (χ3v) is 13.7. The molecule has 1 amide bonds. The van der Waals surface area contributed by atoms with Crippen LogP contribution in [0.2, 0.25) is 0 Å². The molecule has 0 atom stereocenters. The van der Waals surface area contributed by atoms with Crippen molar-refractivity contribution >= 4 is 11.9 Å². The molecule has 0 unspecified atom stereocenters. The number of unbranched alkanes of at least 4 members (excludes halogenated alkanes) is 26. The molecule has 1 fully saturated rings. The molecule has 1 aliphatic heterocycles. The first-order chi connectivity index (χ1) is 31.0. The highest BCUT2D eigenvalue weighted by Crippen LogP contribution is 2.14. The SMILES string of the molecule is CCCCCCCCCN(CCCC(=O)OCCCCC)CCN1CCN(C(=O)CN(CCCCCCCCC)CCN(CCCCCCCCC)CCCCCCCCC)CC1. The number of carbonyl (C=O) groups excluding carboxylic acids is 2. The lowest BCUT2D eigenvalue weighted by Gasteiger charge is -2.37. The first-order valence-electron chi connectivity index (χ1n) is 28.3. The van der Waals surface area contributed by atoms with Gasteiger partial charge in [0.05, 0.1) is 13.2 Å². The highest BCUT2D eigenvalue weighted by molar-refractivity contribution is 5.78. The zero-order valence-electron chi connectivity index (χ0n) is 43.4. The van der Waals surface area contributed by atoms with E-state index in [2.05, 4.69) is 59.1 Å². The predicted octanol–water partition coefficient (Wildman–Crippen LogP) is 13.6. The number of hydrogen-bond donors (Lipinski definition) is 0. The molecule has 0 aromatic rings. The van der Waals surface area contributed by atoms with Crippen LogP contribution in [0.5, 0.6) is 0 Å². The van der Waals surface area contributed by atoms with Gasteiger partial charge in [-0.15, -0.1) is 0 Å². The fraction of sp³-hybridized carbons (Fsp3) is 0.964. The zero-order valence-corrected chi connectivity index (χ0v) is 43.4. The van der Waals surface area contributed by atoms with E-state index in [1.54, 1.807) is 0 Å². The average molecular weight is 891 g/mol. The number of amides is 1. The van der Waals surface area contributed by atoms with E-state index in [9.17, 15) is 9.59 Å². The third-order valence-electron chi connectivity index (χ3n) is 13.7. The van der Waals surface area contributed by atoms with Crippen LogP contribution in [-0.2, 0) is 14.3 Å². The van der Waals surface area contributed by atoms with Gasteiger partial charge in [0.2, 0.25) is 5.91 Å². The maximum atomic E-state index is 14.0. The number of esters is 1. The van der Waals surface area contributed by atoms with E-state index < -0.39 is 0 Å². The summed E-state index contributed by atoms with van der Waals surface area (Å²) in [6.07, 6.45) is 42.2. The van der Waals surface area contributed by atoms with E-state index in [1.165, 1.54) is 193 Å². The number of carbonyl (C=O) groups is 2. The van der Waals surface area contributed by atoms with Crippen molar-refractivity contribution < 1.29 is 14.3 Å². The van der Waals surface area contributed by atoms with Crippen molar-refractivity contribution in [1.82, 2.24) is 24.5 Å². The Morgan fingerprint density at radius 2 is 0.730 bits per heavy atom. The molecule has 0 aromatic carbocycles. The molecule has 0 spiro atoms. The van der Waals surface area contributed by atoms with Crippen LogP contribution in [0.3, 0.4) is 0 Å². The lowest BCUT2D eigenvalue weighted by atomic mass is 10.1. The van der Waals surface area contributed by atoms with Crippen LogP contribution in [0.4, 0.5) is 0 Å². The maximum absolute atomic E-state index is 14.0. The van der Waals surface area contributed by atoms with Crippen LogP contribution in [0, 0.1) is 0 Å². The maximum Gasteiger partial charge on any atom is 0.305 e. The molecule has 1 heterocycles. The molecule has 0 bridgehead atoms. The van der Waals surface area contributed by atoms with Crippen LogP contribution in [0.25, 0.3) is 0 Å². The van der Waals surface area contributed by atoms with Gasteiger partial charge in [-0.25, -0.2) is 0 Å². The molecule has 1 saturated heterocycles. The summed E-state index contributed by atoms with van der Waals surface area (Å²) in [7, 11) is 0. The van der Waals surface area contributed by atoms with Crippen molar-refractivity contribution in [2.45, 2.75) is 247 Å². The van der Waals surface area contributed by atoms with Crippen LogP contribution in [-0.4, -0.2) is 135 Å². The molecular weight excluding hydrogens is 779 g/mol. The van der Waals surface area contributed by atoms with Crippen molar-refractivity contribution in [3.63, 3.8) is 0 Å². The van der Waals surface area contributed by atoms with Gasteiger partial charge in [-0.2, -0.15) is 0 Å². The number of ether oxygens (including phenoxy) is 1. The van der Waals surface area contributed by atoms with E-state index in [0.29, 0.717) is 25.5 Å². The van der Waals surface area contributed by atoms with Gasteiger partial charge in [0.15, 0.2) is 0 Å². The number of hydrogen-bond acceptors (Lipinski definition) is 7. The van der Waals surface area contributed by atoms with E-state index in [0.717, 1.165) is 97.7 Å². The number of rotatable bonds is 48. The summed E-state index contributed by atoms with van der Waals surface area (Å²) in [6.45, 7) is 25.9. The quantitative estimate of drug-likeness (QED) is 0.0445. The first-order valence-corrected chi connectivity index (χ1v) is 28.3. The molecule has 374 valence electrons. The Balaban J connectivity index is 2.74. The minimum atomic E-state index is -0.0342. The summed E-state index contributed by atoms with van der Waals surface area (Å²) >= 11 is 0. The van der Waals surface area contributed by atoms with Gasteiger partial charge in [0, 0.05) is 58.8 Å². The van der Waals surface area contributed by atoms with Crippen LogP contribution in [0.1, 0.15) is 247 Å². The van der Waals surface area contributed by atoms with Crippen molar-refractivity contribution in [2.24, 2.45) is 0 Å². The summed E-state index contributed by atoms with van der Waals surface area (Å²) in [6, 6.07) is 0. The fourth-order valence-electron chi connectivity index (χ4n) is 9.25. The van der Waals surface area contributed by atoms with Crippen LogP contribution in [0.15, 0.2) is 0 Å². The topological polar surface area (TPSA) is 59.6 Å². The van der Waals surface area contributed by atoms with Crippen molar-refractivity contribution in [1.29, 1.82) is 0 Å². The van der Waals surface area contributed by atoms with Crippen molar-refractivity contribution in [3.05, 3.63) is 0 Å². The van der Waals surface area contributed by atoms with E-state index in [4.69, 9.17) is 4.74 Å². The van der Waals surface area contributed by atoms with Crippen molar-refractivity contribution in [2.75, 3.05) is 98.2 Å². The van der Waals surface area contributed by atoms with E-state index in [1.807, 2.05) is 0 Å². The third kappa shape index (κ3) is 37.6. The normalized spacial score (nSPS) is 13.6. The summed E-state index contributed by atoms with van der Waals surface area (Å²) in [5.41, 5.74) is 0. The Kier molecular flexibility index (Phi) is 43.6. The predicted molar refractivity (Wildman–Crippen MR) is 274 cm³/mol. The van der Waals surface area contributed by atoms with Gasteiger partial charge in [-0.3, -0.25) is 19.4 Å². The molecule has 0 saturated carbocycles. The number of piperazine rings is 1. The minimum absolute atomic E-state index is 0.0342. The molecule has 0 aliphatic carbocycles. The van der Waals surface area contributed by atoms with Gasteiger partial charge in [0.25, 0.3) is 0 Å². The molecule has 1 rings (SSSR count). The fourth-order valence-corrected chi connectivity index (χ4v) is 9.25. The second-order valence-corrected chi connectivity index (χ2v) is 19.7. The van der Waals surface area contributed by atoms with E-state index >= 15 is 0 Å². The molecule has 8 heteroatoms. The van der Waals surface area contributed by atoms with Crippen LogP contribution >= 0.6 is 0 Å². The lowest BCUT2D eigenvalue weighted by Crippen LogP contribution is -2.52. The van der Waals surface area contributed by atoms with Gasteiger partial charge >= 0.3 is 5.97 Å². The second-order valence-electron chi connectivity index (χ2n) is 19.7. The average Bonchev–Trinajstić information content (AvgIpc) is 3.29. The summed E-state index contributed by atoms with van der Waals surface area (Å²) < 4.78 is 5.50. The lowest BCUT2D eigenvalue weighted by molar-refractivity contribution is -0.144. The molecule has 63 heavy (non-hydrogen) atoms. The second kappa shape index (κ2) is 45.9. The monoisotopic (exact) mass is 890 g/mol. The first kappa shape index (κ1) is 59.8. The molecule has 0 N–H and O–H groups in total. The zero-order chi connectivity index (χ0) is 45.7. The van der Waals surface area contributed by atoms with Gasteiger partial charge in [-0.1, -0.05) is 202 Å². The highest BCUT2D eigenvalue weighted by atomic mass is 16.5. The molecule has 0 radical (unpaired) electrons. The number of nitrogens with zero attached hydrogens (tertiary/aromatic N) is 5.